The van der Waals surface area contributed by atoms with Gasteiger partial charge in [-0.05, 0) is 100 Å². The van der Waals surface area contributed by atoms with E-state index in [0.717, 1.165) is 71.8 Å². The first kappa shape index (κ1) is 42.9. The van der Waals surface area contributed by atoms with Crippen LogP contribution in [0.25, 0.3) is 32.9 Å². The monoisotopic (exact) mass is 875 g/mol. The number of carbonyl (C=O) groups is 2. The second kappa shape index (κ2) is 17.6. The molecule has 62 heavy (non-hydrogen) atoms. The summed E-state index contributed by atoms with van der Waals surface area (Å²) in [6.45, 7) is 11.8. The Morgan fingerprint density at radius 2 is 1.60 bits per heavy atom. The van der Waals surface area contributed by atoms with Gasteiger partial charge in [0, 0.05) is 72.0 Å². The molecule has 0 saturated heterocycles. The number of methoxy groups -OCH3 is 2. The van der Waals surface area contributed by atoms with Gasteiger partial charge in [0.05, 0.1) is 47.8 Å². The van der Waals surface area contributed by atoms with Crippen LogP contribution in [0.1, 0.15) is 74.0 Å². The Bertz CT molecular complexity index is 2840. The number of aromatic nitrogens is 4. The molecular formula is C49H51Cl2N5O6. The molecule has 322 valence electrons. The molecule has 0 aliphatic carbocycles. The van der Waals surface area contributed by atoms with Crippen LogP contribution in [0, 0.1) is 27.7 Å². The van der Waals surface area contributed by atoms with E-state index in [1.54, 1.807) is 13.2 Å². The predicted molar refractivity (Wildman–Crippen MR) is 246 cm³/mol. The zero-order valence-corrected chi connectivity index (χ0v) is 37.9. The maximum atomic E-state index is 15.7. The van der Waals surface area contributed by atoms with Gasteiger partial charge in [0.15, 0.2) is 0 Å². The minimum absolute atomic E-state index is 0.179. The Morgan fingerprint density at radius 3 is 2.27 bits per heavy atom. The molecule has 1 amide bonds. The molecule has 13 heteroatoms. The molecule has 3 aromatic heterocycles. The standard InChI is InChI=1S/C49H51Cl2N5O6/c1-28-21-35(22-29(2)44(28)51)61-19-12-15-37-38-16-17-39(50)43(42-31(4)52-53(6)32(42)5)46(38)56-30(3)26-55(48(57)47(37)56)40-25-36(62-27-33-13-10-9-11-14-33)23-34-24-41(49(58)60-8)54(45(34)40)18-20-59-7/h9-11,13-14,16-17,21-25,30H,12,15,18-20,26-27H2,1-8H3/t30-/m1/s1. The summed E-state index contributed by atoms with van der Waals surface area (Å²) in [6.07, 6.45) is 1.18. The molecule has 4 heterocycles. The first-order chi connectivity index (χ1) is 29.8. The first-order valence-corrected chi connectivity index (χ1v) is 21.6. The lowest BCUT2D eigenvalue weighted by Crippen LogP contribution is -2.43. The molecule has 1 atom stereocenters. The minimum atomic E-state index is -0.493. The van der Waals surface area contributed by atoms with Crippen LogP contribution in [0.5, 0.6) is 11.5 Å². The van der Waals surface area contributed by atoms with Crippen molar-refractivity contribution in [1.29, 1.82) is 0 Å². The highest BCUT2D eigenvalue weighted by molar-refractivity contribution is 6.35. The third-order valence-electron chi connectivity index (χ3n) is 12.0. The second-order valence-corrected chi connectivity index (χ2v) is 16.9. The molecule has 0 spiro atoms. The van der Waals surface area contributed by atoms with E-state index in [-0.39, 0.29) is 11.9 Å². The molecule has 0 unspecified atom stereocenters. The average Bonchev–Trinajstić information content (AvgIpc) is 3.88. The zero-order valence-electron chi connectivity index (χ0n) is 36.4. The van der Waals surface area contributed by atoms with Crippen molar-refractivity contribution < 1.29 is 28.5 Å². The topological polar surface area (TPSA) is 102 Å². The van der Waals surface area contributed by atoms with Crippen LogP contribution in [-0.4, -0.2) is 64.8 Å². The minimum Gasteiger partial charge on any atom is -0.494 e. The van der Waals surface area contributed by atoms with Gasteiger partial charge in [-0.25, -0.2) is 4.79 Å². The van der Waals surface area contributed by atoms with Gasteiger partial charge >= 0.3 is 5.97 Å². The number of amides is 1. The Kier molecular flexibility index (Phi) is 12.2. The summed E-state index contributed by atoms with van der Waals surface area (Å²) in [7, 11) is 4.91. The molecule has 0 radical (unpaired) electrons. The van der Waals surface area contributed by atoms with Crippen LogP contribution in [0.2, 0.25) is 10.0 Å². The smallest absolute Gasteiger partial charge is 0.354 e. The van der Waals surface area contributed by atoms with Gasteiger partial charge in [0.25, 0.3) is 5.91 Å². The predicted octanol–water partition coefficient (Wildman–Crippen LogP) is 10.8. The molecule has 4 aromatic carbocycles. The van der Waals surface area contributed by atoms with Gasteiger partial charge in [0.1, 0.15) is 29.5 Å². The van der Waals surface area contributed by atoms with Crippen molar-refractivity contribution >= 4 is 62.6 Å². The summed E-state index contributed by atoms with van der Waals surface area (Å²) >= 11 is 13.7. The quantitative estimate of drug-likeness (QED) is 0.0792. The van der Waals surface area contributed by atoms with E-state index in [2.05, 4.69) is 11.5 Å². The largest absolute Gasteiger partial charge is 0.494 e. The van der Waals surface area contributed by atoms with Gasteiger partial charge in [-0.2, -0.15) is 5.10 Å². The van der Waals surface area contributed by atoms with Crippen molar-refractivity contribution in [1.82, 2.24) is 18.9 Å². The molecule has 1 aliphatic rings. The average molecular weight is 877 g/mol. The van der Waals surface area contributed by atoms with Crippen LogP contribution < -0.4 is 14.4 Å². The number of esters is 1. The summed E-state index contributed by atoms with van der Waals surface area (Å²) < 4.78 is 29.4. The highest BCUT2D eigenvalue weighted by Gasteiger charge is 2.38. The van der Waals surface area contributed by atoms with Crippen molar-refractivity contribution in [3.63, 3.8) is 0 Å². The number of anilines is 1. The summed E-state index contributed by atoms with van der Waals surface area (Å²) in [5.41, 5.74) is 10.6. The SMILES string of the molecule is COCCn1c(C(=O)OC)cc2cc(OCc3ccccc3)cc(N3C[C@@H](C)n4c(c(CCCOc5cc(C)c(Cl)c(C)c5)c5ccc(Cl)c(-c6c(C)nn(C)c6C)c54)C3=O)c21. The molecule has 0 bridgehead atoms. The lowest BCUT2D eigenvalue weighted by atomic mass is 9.98. The maximum Gasteiger partial charge on any atom is 0.354 e. The van der Waals surface area contributed by atoms with Crippen LogP contribution >= 0.6 is 23.2 Å². The second-order valence-electron chi connectivity index (χ2n) is 16.1. The maximum absolute atomic E-state index is 15.7. The Hall–Kier alpha value is -5.75. The van der Waals surface area contributed by atoms with Gasteiger partial charge < -0.3 is 33.0 Å². The highest BCUT2D eigenvalue weighted by atomic mass is 35.5. The molecule has 0 saturated carbocycles. The van der Waals surface area contributed by atoms with E-state index in [1.165, 1.54) is 7.11 Å². The van der Waals surface area contributed by atoms with Crippen molar-refractivity contribution in [2.45, 2.75) is 66.7 Å². The summed E-state index contributed by atoms with van der Waals surface area (Å²) in [6, 6.07) is 23.2. The van der Waals surface area contributed by atoms with Crippen molar-refractivity contribution in [2.75, 3.05) is 38.9 Å². The molecule has 1 aliphatic heterocycles. The Balaban J connectivity index is 1.30. The van der Waals surface area contributed by atoms with Crippen LogP contribution in [0.3, 0.4) is 0 Å². The number of ether oxygens (including phenoxy) is 4. The molecule has 0 fully saturated rings. The third-order valence-corrected chi connectivity index (χ3v) is 12.9. The summed E-state index contributed by atoms with van der Waals surface area (Å²) in [5.74, 6) is 0.639. The van der Waals surface area contributed by atoms with E-state index in [4.69, 9.17) is 47.2 Å². The van der Waals surface area contributed by atoms with Crippen LogP contribution in [-0.2, 0) is 36.1 Å². The molecular weight excluding hydrogens is 825 g/mol. The Labute approximate surface area is 371 Å². The summed E-state index contributed by atoms with van der Waals surface area (Å²) in [4.78, 5) is 30.9. The third kappa shape index (κ3) is 7.71. The van der Waals surface area contributed by atoms with E-state index < -0.39 is 5.97 Å². The van der Waals surface area contributed by atoms with Gasteiger partial charge in [0.2, 0.25) is 0 Å². The zero-order chi connectivity index (χ0) is 44.0. The van der Waals surface area contributed by atoms with Crippen molar-refractivity contribution in [3.05, 3.63) is 128 Å². The first-order valence-electron chi connectivity index (χ1n) is 20.8. The fourth-order valence-corrected chi connectivity index (χ4v) is 9.38. The number of aryl methyl sites for hydroxylation is 5. The number of rotatable bonds is 14. The number of benzene rings is 4. The van der Waals surface area contributed by atoms with Crippen LogP contribution in [0.15, 0.2) is 72.8 Å². The molecule has 0 N–H and O–H groups in total. The number of fused-ring (bicyclic) bond motifs is 4. The number of hydrogen-bond acceptors (Lipinski definition) is 7. The Morgan fingerprint density at radius 1 is 0.871 bits per heavy atom. The van der Waals surface area contributed by atoms with Crippen LogP contribution in [0.4, 0.5) is 5.69 Å². The fourth-order valence-electron chi connectivity index (χ4n) is 9.02. The number of carbonyl (C=O) groups excluding carboxylic acids is 2. The van der Waals surface area contributed by atoms with E-state index in [1.807, 2.05) is 116 Å². The lowest BCUT2D eigenvalue weighted by Gasteiger charge is -2.35. The van der Waals surface area contributed by atoms with Gasteiger partial charge in [-0.3, -0.25) is 9.48 Å². The van der Waals surface area contributed by atoms with Crippen molar-refractivity contribution in [2.24, 2.45) is 7.05 Å². The van der Waals surface area contributed by atoms with Crippen molar-refractivity contribution in [3.8, 4) is 22.6 Å². The number of nitrogens with zero attached hydrogens (tertiary/aromatic N) is 5. The fraction of sp³-hybridized carbons (Fsp3) is 0.327. The molecule has 8 rings (SSSR count). The normalized spacial score (nSPS) is 13.9. The van der Waals surface area contributed by atoms with Gasteiger partial charge in [-0.1, -0.05) is 59.6 Å². The van der Waals surface area contributed by atoms with E-state index in [9.17, 15) is 4.79 Å². The van der Waals surface area contributed by atoms with E-state index in [0.29, 0.717) is 79.1 Å². The number of halogens is 2. The molecule has 7 aromatic rings. The van der Waals surface area contributed by atoms with E-state index >= 15 is 4.79 Å². The lowest BCUT2D eigenvalue weighted by molar-refractivity contribution is 0.0586. The highest BCUT2D eigenvalue weighted by Crippen LogP contribution is 2.46. The molecule has 11 nitrogen and oxygen atoms in total. The van der Waals surface area contributed by atoms with Gasteiger partial charge in [-0.15, -0.1) is 0 Å². The summed E-state index contributed by atoms with van der Waals surface area (Å²) in [5, 5.41) is 7.75. The number of hydrogen-bond donors (Lipinski definition) is 0.